The molecule has 6 nitrogen and oxygen atoms in total. The summed E-state index contributed by atoms with van der Waals surface area (Å²) in [6, 6.07) is 13.8. The van der Waals surface area contributed by atoms with E-state index in [-0.39, 0.29) is 21.5 Å². The molecule has 0 bridgehead atoms. The van der Waals surface area contributed by atoms with Crippen LogP contribution >= 0.6 is 0 Å². The van der Waals surface area contributed by atoms with E-state index in [0.717, 1.165) is 12.8 Å². The molecule has 1 fully saturated rings. The largest absolute Gasteiger partial charge is 0.321 e. The SMILES string of the molecule is O=C(Nc1cccc(S(=O)(=O)C2CCCC2)c1)c1ccn(-c2ccccc2F)n1. The second-order valence-corrected chi connectivity index (χ2v) is 9.26. The lowest BCUT2D eigenvalue weighted by Gasteiger charge is -2.12. The van der Waals surface area contributed by atoms with Gasteiger partial charge in [-0.3, -0.25) is 4.79 Å². The quantitative estimate of drug-likeness (QED) is 0.686. The lowest BCUT2D eigenvalue weighted by atomic mass is 10.3. The molecule has 1 heterocycles. The monoisotopic (exact) mass is 413 g/mol. The van der Waals surface area contributed by atoms with Crippen molar-refractivity contribution < 1.29 is 17.6 Å². The zero-order valence-corrected chi connectivity index (χ0v) is 16.4. The van der Waals surface area contributed by atoms with Crippen molar-refractivity contribution in [3.8, 4) is 5.69 Å². The number of para-hydroxylation sites is 1. The average molecular weight is 413 g/mol. The molecular formula is C21H20FN3O3S. The van der Waals surface area contributed by atoms with Crippen LogP contribution in [0.25, 0.3) is 5.69 Å². The number of nitrogens with one attached hydrogen (secondary N) is 1. The minimum absolute atomic E-state index is 0.0947. The molecular weight excluding hydrogens is 393 g/mol. The smallest absolute Gasteiger partial charge is 0.276 e. The van der Waals surface area contributed by atoms with Crippen LogP contribution in [-0.2, 0) is 9.84 Å². The Morgan fingerprint density at radius 3 is 2.59 bits per heavy atom. The predicted molar refractivity (Wildman–Crippen MR) is 107 cm³/mol. The zero-order valence-electron chi connectivity index (χ0n) is 15.6. The van der Waals surface area contributed by atoms with Crippen LogP contribution in [0.1, 0.15) is 36.2 Å². The van der Waals surface area contributed by atoms with Gasteiger partial charge in [0.25, 0.3) is 5.91 Å². The molecule has 0 spiro atoms. The second kappa shape index (κ2) is 7.79. The van der Waals surface area contributed by atoms with E-state index < -0.39 is 21.6 Å². The van der Waals surface area contributed by atoms with E-state index in [0.29, 0.717) is 18.5 Å². The van der Waals surface area contributed by atoms with Gasteiger partial charge in [0, 0.05) is 11.9 Å². The van der Waals surface area contributed by atoms with Crippen molar-refractivity contribution in [2.24, 2.45) is 0 Å². The zero-order chi connectivity index (χ0) is 20.4. The molecule has 29 heavy (non-hydrogen) atoms. The highest BCUT2D eigenvalue weighted by atomic mass is 32.2. The molecule has 3 aromatic rings. The van der Waals surface area contributed by atoms with E-state index in [1.807, 2.05) is 0 Å². The minimum atomic E-state index is -3.41. The third-order valence-corrected chi connectivity index (χ3v) is 7.34. The number of nitrogens with zero attached hydrogens (tertiary/aromatic N) is 2. The molecule has 2 aromatic carbocycles. The first-order valence-electron chi connectivity index (χ1n) is 9.41. The van der Waals surface area contributed by atoms with Gasteiger partial charge in [-0.2, -0.15) is 5.10 Å². The highest BCUT2D eigenvalue weighted by Gasteiger charge is 2.30. The third-order valence-electron chi connectivity index (χ3n) is 5.08. The number of aromatic nitrogens is 2. The summed E-state index contributed by atoms with van der Waals surface area (Å²) < 4.78 is 40.7. The molecule has 0 atom stereocenters. The number of benzene rings is 2. The second-order valence-electron chi connectivity index (χ2n) is 7.03. The summed E-state index contributed by atoms with van der Waals surface area (Å²) in [7, 11) is -3.41. The number of carbonyl (C=O) groups excluding carboxylic acids is 1. The number of rotatable bonds is 5. The van der Waals surface area contributed by atoms with E-state index in [1.165, 1.54) is 29.1 Å². The van der Waals surface area contributed by atoms with Gasteiger partial charge < -0.3 is 5.32 Å². The van der Waals surface area contributed by atoms with Gasteiger partial charge in [-0.15, -0.1) is 0 Å². The maximum absolute atomic E-state index is 13.9. The van der Waals surface area contributed by atoms with Crippen LogP contribution in [0.4, 0.5) is 10.1 Å². The predicted octanol–water partition coefficient (Wildman–Crippen LogP) is 3.98. The Kier molecular flexibility index (Phi) is 5.19. The summed E-state index contributed by atoms with van der Waals surface area (Å²) in [6.07, 6.45) is 4.68. The van der Waals surface area contributed by atoms with Crippen molar-refractivity contribution in [3.05, 3.63) is 72.3 Å². The Balaban J connectivity index is 1.53. The van der Waals surface area contributed by atoms with Crippen molar-refractivity contribution in [2.45, 2.75) is 35.8 Å². The number of anilines is 1. The van der Waals surface area contributed by atoms with Crippen LogP contribution in [0.2, 0.25) is 0 Å². The van der Waals surface area contributed by atoms with Gasteiger partial charge in [-0.1, -0.05) is 31.0 Å². The topological polar surface area (TPSA) is 81.1 Å². The van der Waals surface area contributed by atoms with Crippen LogP contribution < -0.4 is 5.32 Å². The summed E-state index contributed by atoms with van der Waals surface area (Å²) in [5.74, 6) is -0.956. The van der Waals surface area contributed by atoms with E-state index in [2.05, 4.69) is 10.4 Å². The molecule has 1 saturated carbocycles. The van der Waals surface area contributed by atoms with Crippen molar-refractivity contribution in [1.29, 1.82) is 0 Å². The number of amides is 1. The van der Waals surface area contributed by atoms with Gasteiger partial charge in [-0.25, -0.2) is 17.5 Å². The average Bonchev–Trinajstić information content (AvgIpc) is 3.41. The number of halogens is 1. The standard InChI is InChI=1S/C21H20FN3O3S/c22-18-10-3-4-11-20(18)25-13-12-19(24-25)21(26)23-15-6-5-9-17(14-15)29(27,28)16-7-1-2-8-16/h3-6,9-14,16H,1-2,7-8H2,(H,23,26). The Morgan fingerprint density at radius 2 is 1.83 bits per heavy atom. The van der Waals surface area contributed by atoms with E-state index in [1.54, 1.807) is 36.4 Å². The Morgan fingerprint density at radius 1 is 1.07 bits per heavy atom. The van der Waals surface area contributed by atoms with Crippen LogP contribution in [0.15, 0.2) is 65.7 Å². The lowest BCUT2D eigenvalue weighted by Crippen LogP contribution is -2.18. The Labute approximate surface area is 168 Å². The molecule has 1 N–H and O–H groups in total. The van der Waals surface area contributed by atoms with E-state index >= 15 is 0 Å². The molecule has 1 aromatic heterocycles. The number of hydrogen-bond acceptors (Lipinski definition) is 4. The first kappa shape index (κ1) is 19.3. The van der Waals surface area contributed by atoms with Crippen molar-refractivity contribution >= 4 is 21.4 Å². The molecule has 1 amide bonds. The molecule has 150 valence electrons. The molecule has 0 radical (unpaired) electrons. The number of sulfone groups is 1. The molecule has 1 aliphatic carbocycles. The lowest BCUT2D eigenvalue weighted by molar-refractivity contribution is 0.102. The van der Waals surface area contributed by atoms with Crippen LogP contribution in [0.5, 0.6) is 0 Å². The maximum atomic E-state index is 13.9. The first-order valence-corrected chi connectivity index (χ1v) is 11.0. The summed E-state index contributed by atoms with van der Waals surface area (Å²) in [6.45, 7) is 0. The van der Waals surface area contributed by atoms with Crippen LogP contribution in [-0.4, -0.2) is 29.4 Å². The van der Waals surface area contributed by atoms with Gasteiger partial charge in [0.1, 0.15) is 11.5 Å². The fourth-order valence-electron chi connectivity index (χ4n) is 3.55. The fourth-order valence-corrected chi connectivity index (χ4v) is 5.45. The fraction of sp³-hybridized carbons (Fsp3) is 0.238. The maximum Gasteiger partial charge on any atom is 0.276 e. The normalized spacial score (nSPS) is 14.8. The van der Waals surface area contributed by atoms with Gasteiger partial charge in [0.2, 0.25) is 0 Å². The highest BCUT2D eigenvalue weighted by molar-refractivity contribution is 7.92. The number of hydrogen-bond donors (Lipinski definition) is 1. The minimum Gasteiger partial charge on any atom is -0.321 e. The van der Waals surface area contributed by atoms with Gasteiger partial charge in [0.05, 0.1) is 10.1 Å². The van der Waals surface area contributed by atoms with E-state index in [4.69, 9.17) is 0 Å². The third kappa shape index (κ3) is 3.93. The highest BCUT2D eigenvalue weighted by Crippen LogP contribution is 2.30. The molecule has 1 aliphatic rings. The Hall–Kier alpha value is -3.00. The number of carbonyl (C=O) groups is 1. The summed E-state index contributed by atoms with van der Waals surface area (Å²) >= 11 is 0. The van der Waals surface area contributed by atoms with Crippen LogP contribution in [0, 0.1) is 5.82 Å². The first-order chi connectivity index (χ1) is 13.9. The van der Waals surface area contributed by atoms with E-state index in [9.17, 15) is 17.6 Å². The van der Waals surface area contributed by atoms with Gasteiger partial charge >= 0.3 is 0 Å². The summed E-state index contributed by atoms with van der Waals surface area (Å²) in [4.78, 5) is 12.7. The Bertz CT molecular complexity index is 1150. The molecule has 8 heteroatoms. The van der Waals surface area contributed by atoms with Gasteiger partial charge in [0.15, 0.2) is 15.5 Å². The van der Waals surface area contributed by atoms with Crippen LogP contribution in [0.3, 0.4) is 0 Å². The molecule has 0 unspecified atom stereocenters. The molecule has 4 rings (SSSR count). The molecule has 0 aliphatic heterocycles. The van der Waals surface area contributed by atoms with Gasteiger partial charge in [-0.05, 0) is 49.2 Å². The summed E-state index contributed by atoms with van der Waals surface area (Å²) in [5.41, 5.74) is 0.697. The summed E-state index contributed by atoms with van der Waals surface area (Å²) in [5, 5.41) is 6.43. The molecule has 0 saturated heterocycles. The van der Waals surface area contributed by atoms with Crippen molar-refractivity contribution in [1.82, 2.24) is 9.78 Å². The van der Waals surface area contributed by atoms with Crippen molar-refractivity contribution in [3.63, 3.8) is 0 Å². The van der Waals surface area contributed by atoms with Crippen molar-refractivity contribution in [2.75, 3.05) is 5.32 Å².